The summed E-state index contributed by atoms with van der Waals surface area (Å²) in [6.07, 6.45) is 9.47. The van der Waals surface area contributed by atoms with E-state index in [1.54, 1.807) is 0 Å². The summed E-state index contributed by atoms with van der Waals surface area (Å²) >= 11 is 0. The molecule has 0 unspecified atom stereocenters. The van der Waals surface area contributed by atoms with E-state index in [2.05, 4.69) is 113 Å². The third-order valence-electron chi connectivity index (χ3n) is 6.16. The summed E-state index contributed by atoms with van der Waals surface area (Å²) in [5.74, 6) is 0. The van der Waals surface area contributed by atoms with Crippen LogP contribution in [0, 0.1) is 6.92 Å². The van der Waals surface area contributed by atoms with Gasteiger partial charge < -0.3 is 0 Å². The number of hydrogen-bond acceptors (Lipinski definition) is 0. The molecule has 0 amide bonds. The molecule has 0 nitrogen and oxygen atoms in total. The van der Waals surface area contributed by atoms with Crippen LogP contribution in [0.25, 0.3) is 57.3 Å². The van der Waals surface area contributed by atoms with Crippen LogP contribution < -0.4 is 10.4 Å². The maximum absolute atomic E-state index is 4.13. The van der Waals surface area contributed by atoms with Crippen LogP contribution in [0.1, 0.15) is 37.0 Å². The molecular weight excluding hydrogens is 384 g/mol. The maximum atomic E-state index is 4.13. The lowest BCUT2D eigenvalue weighted by Gasteiger charge is -2.18. The molecule has 0 spiro atoms. The van der Waals surface area contributed by atoms with Crippen molar-refractivity contribution >= 4 is 35.1 Å². The highest BCUT2D eigenvalue weighted by Crippen LogP contribution is 2.34. The summed E-state index contributed by atoms with van der Waals surface area (Å²) in [5.41, 5.74) is 8.52. The molecule has 0 radical (unpaired) electrons. The van der Waals surface area contributed by atoms with Gasteiger partial charge in [-0.25, -0.2) is 0 Å². The van der Waals surface area contributed by atoms with Crippen LogP contribution in [0.15, 0.2) is 79.9 Å². The molecular formula is C32H30. The minimum absolute atomic E-state index is 0.971. The Morgan fingerprint density at radius 2 is 1.44 bits per heavy atom. The van der Waals surface area contributed by atoms with Crippen molar-refractivity contribution in [2.45, 2.75) is 27.2 Å². The van der Waals surface area contributed by atoms with Crippen molar-refractivity contribution < 1.29 is 0 Å². The zero-order chi connectivity index (χ0) is 22.7. The molecule has 0 fully saturated rings. The molecule has 158 valence electrons. The minimum atomic E-state index is 0.971. The zero-order valence-electron chi connectivity index (χ0n) is 19.3. The Morgan fingerprint density at radius 1 is 0.750 bits per heavy atom. The van der Waals surface area contributed by atoms with Gasteiger partial charge in [-0.1, -0.05) is 117 Å². The molecule has 4 rings (SSSR count). The van der Waals surface area contributed by atoms with E-state index in [0.29, 0.717) is 0 Å². The van der Waals surface area contributed by atoms with Crippen molar-refractivity contribution in [2.24, 2.45) is 0 Å². The summed E-state index contributed by atoms with van der Waals surface area (Å²) < 4.78 is 0. The first-order valence-electron chi connectivity index (χ1n) is 11.3. The summed E-state index contributed by atoms with van der Waals surface area (Å²) in [5, 5.41) is 5.10. The van der Waals surface area contributed by atoms with Crippen molar-refractivity contribution in [1.29, 1.82) is 0 Å². The standard InChI is InChI=1S/C32H30/c1-6-13-27-26(9-4)32(28-17-12-14-23(7-2)25(28)8-3)30-16-11-10-15-29(30)31(27)24-20-18-22(5)19-21-24/h7-21H,2-3,6H2,1,4-5H3/b26-9+,27-13+. The van der Waals surface area contributed by atoms with Crippen molar-refractivity contribution in [3.63, 3.8) is 0 Å². The number of hydrogen-bond donors (Lipinski definition) is 0. The first-order valence-corrected chi connectivity index (χ1v) is 11.3. The molecule has 0 aliphatic heterocycles. The van der Waals surface area contributed by atoms with Gasteiger partial charge in [-0.15, -0.1) is 0 Å². The Kier molecular flexibility index (Phi) is 6.23. The normalized spacial score (nSPS) is 12.3. The predicted octanol–water partition coefficient (Wildman–Crippen LogP) is 7.76. The zero-order valence-corrected chi connectivity index (χ0v) is 19.3. The second-order valence-corrected chi connectivity index (χ2v) is 8.11. The Labute approximate surface area is 191 Å². The van der Waals surface area contributed by atoms with E-state index in [4.69, 9.17) is 0 Å². The first kappa shape index (κ1) is 21.6. The molecule has 0 aliphatic rings. The molecule has 0 aromatic heterocycles. The van der Waals surface area contributed by atoms with Gasteiger partial charge in [0.15, 0.2) is 0 Å². The Bertz CT molecular complexity index is 1430. The monoisotopic (exact) mass is 414 g/mol. The molecule has 0 saturated carbocycles. The second kappa shape index (κ2) is 9.24. The van der Waals surface area contributed by atoms with Crippen molar-refractivity contribution in [3.05, 3.63) is 107 Å². The third kappa shape index (κ3) is 3.63. The fourth-order valence-corrected chi connectivity index (χ4v) is 4.72. The molecule has 0 atom stereocenters. The van der Waals surface area contributed by atoms with Gasteiger partial charge in [-0.3, -0.25) is 0 Å². The van der Waals surface area contributed by atoms with Crippen LogP contribution in [0.4, 0.5) is 0 Å². The molecule has 0 saturated heterocycles. The first-order chi connectivity index (χ1) is 15.6. The number of fused-ring (bicyclic) bond motifs is 1. The largest absolute Gasteiger partial charge is 0.0984 e. The van der Waals surface area contributed by atoms with E-state index in [9.17, 15) is 0 Å². The van der Waals surface area contributed by atoms with Crippen LogP contribution in [0.3, 0.4) is 0 Å². The van der Waals surface area contributed by atoms with Gasteiger partial charge in [0.25, 0.3) is 0 Å². The fourth-order valence-electron chi connectivity index (χ4n) is 4.72. The molecule has 32 heavy (non-hydrogen) atoms. The van der Waals surface area contributed by atoms with Gasteiger partial charge in [0.1, 0.15) is 0 Å². The smallest absolute Gasteiger partial charge is 0.00236 e. The van der Waals surface area contributed by atoms with E-state index in [1.807, 2.05) is 12.2 Å². The van der Waals surface area contributed by atoms with E-state index in [1.165, 1.54) is 49.0 Å². The van der Waals surface area contributed by atoms with Crippen LogP contribution in [-0.4, -0.2) is 0 Å². The van der Waals surface area contributed by atoms with E-state index in [-0.39, 0.29) is 0 Å². The summed E-state index contributed by atoms with van der Waals surface area (Å²) in [7, 11) is 0. The molecule has 4 aromatic carbocycles. The van der Waals surface area contributed by atoms with Crippen LogP contribution in [0.5, 0.6) is 0 Å². The fraction of sp³-hybridized carbons (Fsp3) is 0.125. The van der Waals surface area contributed by atoms with Crippen molar-refractivity contribution in [1.82, 2.24) is 0 Å². The Morgan fingerprint density at radius 3 is 2.03 bits per heavy atom. The highest BCUT2D eigenvalue weighted by atomic mass is 14.2. The second-order valence-electron chi connectivity index (χ2n) is 8.11. The van der Waals surface area contributed by atoms with Gasteiger partial charge >= 0.3 is 0 Å². The van der Waals surface area contributed by atoms with Crippen LogP contribution >= 0.6 is 0 Å². The third-order valence-corrected chi connectivity index (χ3v) is 6.16. The SMILES string of the molecule is C=Cc1cccc(-c2c(=C/C)/c(=C\CC)c(-c3ccc(C)cc3)c3ccccc23)c1C=C. The predicted molar refractivity (Wildman–Crippen MR) is 144 cm³/mol. The van der Waals surface area contributed by atoms with E-state index in [0.717, 1.165) is 17.5 Å². The van der Waals surface area contributed by atoms with Gasteiger partial charge in [0.2, 0.25) is 0 Å². The lowest BCUT2D eigenvalue weighted by atomic mass is 9.85. The molecule has 0 heteroatoms. The van der Waals surface area contributed by atoms with Crippen LogP contribution in [-0.2, 0) is 0 Å². The summed E-state index contributed by atoms with van der Waals surface area (Å²) in [6.45, 7) is 14.6. The molecule has 4 aromatic rings. The average molecular weight is 415 g/mol. The Hall–Kier alpha value is -3.64. The van der Waals surface area contributed by atoms with Gasteiger partial charge in [0, 0.05) is 0 Å². The van der Waals surface area contributed by atoms with E-state index >= 15 is 0 Å². The Balaban J connectivity index is 2.28. The number of rotatable bonds is 5. The summed E-state index contributed by atoms with van der Waals surface area (Å²) in [6, 6.07) is 24.1. The molecule has 0 heterocycles. The topological polar surface area (TPSA) is 0 Å². The van der Waals surface area contributed by atoms with Crippen molar-refractivity contribution in [2.75, 3.05) is 0 Å². The molecule has 0 aliphatic carbocycles. The van der Waals surface area contributed by atoms with Crippen molar-refractivity contribution in [3.8, 4) is 22.3 Å². The average Bonchev–Trinajstić information content (AvgIpc) is 2.83. The minimum Gasteiger partial charge on any atom is -0.0984 e. The van der Waals surface area contributed by atoms with Crippen LogP contribution in [0.2, 0.25) is 0 Å². The number of aryl methyl sites for hydroxylation is 1. The highest BCUT2D eigenvalue weighted by Gasteiger charge is 2.16. The van der Waals surface area contributed by atoms with Gasteiger partial charge in [-0.2, -0.15) is 0 Å². The highest BCUT2D eigenvalue weighted by molar-refractivity contribution is 6.07. The summed E-state index contributed by atoms with van der Waals surface area (Å²) in [4.78, 5) is 0. The maximum Gasteiger partial charge on any atom is -0.00236 e. The number of benzene rings is 4. The van der Waals surface area contributed by atoms with Gasteiger partial charge in [-0.05, 0) is 74.9 Å². The van der Waals surface area contributed by atoms with Gasteiger partial charge in [0.05, 0.1) is 0 Å². The lowest BCUT2D eigenvalue weighted by molar-refractivity contribution is 1.28. The lowest BCUT2D eigenvalue weighted by Crippen LogP contribution is -2.29. The van der Waals surface area contributed by atoms with E-state index < -0.39 is 0 Å². The molecule has 0 N–H and O–H groups in total. The quantitative estimate of drug-likeness (QED) is 0.313. The molecule has 0 bridgehead atoms.